The van der Waals surface area contributed by atoms with E-state index in [-0.39, 0.29) is 11.7 Å². The summed E-state index contributed by atoms with van der Waals surface area (Å²) < 4.78 is 24.1. The fraction of sp³-hybridized carbons (Fsp3) is 0.350. The zero-order chi connectivity index (χ0) is 17.5. The van der Waals surface area contributed by atoms with Gasteiger partial charge in [-0.3, -0.25) is 4.79 Å². The molecular formula is C20H22FNO3. The van der Waals surface area contributed by atoms with Gasteiger partial charge in [0.1, 0.15) is 5.82 Å². The van der Waals surface area contributed by atoms with Gasteiger partial charge in [0.2, 0.25) is 5.91 Å². The molecule has 2 aromatic rings. The molecule has 1 aliphatic rings. The van der Waals surface area contributed by atoms with E-state index in [0.29, 0.717) is 32.6 Å². The number of benzene rings is 2. The second kappa shape index (κ2) is 8.51. The second-order valence-electron chi connectivity index (χ2n) is 6.06. The van der Waals surface area contributed by atoms with Crippen molar-refractivity contribution >= 4 is 5.91 Å². The van der Waals surface area contributed by atoms with Crippen LogP contribution in [-0.2, 0) is 17.6 Å². The van der Waals surface area contributed by atoms with E-state index in [2.05, 4.69) is 5.32 Å². The number of hydrogen-bond acceptors (Lipinski definition) is 3. The van der Waals surface area contributed by atoms with Crippen molar-refractivity contribution in [1.29, 1.82) is 0 Å². The zero-order valence-electron chi connectivity index (χ0n) is 14.1. The van der Waals surface area contributed by atoms with E-state index in [4.69, 9.17) is 9.47 Å². The number of aryl methyl sites for hydroxylation is 1. The summed E-state index contributed by atoms with van der Waals surface area (Å²) in [6.07, 6.45) is 2.62. The normalized spacial score (nSPS) is 13.2. The molecule has 0 aliphatic carbocycles. The highest BCUT2D eigenvalue weighted by Gasteiger charge is 2.10. The average Bonchev–Trinajstić information content (AvgIpc) is 2.86. The molecule has 132 valence electrons. The maximum Gasteiger partial charge on any atom is 0.220 e. The number of rotatable bonds is 6. The first-order chi connectivity index (χ1) is 12.2. The Morgan fingerprint density at radius 2 is 1.68 bits per heavy atom. The third-order valence-electron chi connectivity index (χ3n) is 4.10. The highest BCUT2D eigenvalue weighted by Crippen LogP contribution is 2.30. The first kappa shape index (κ1) is 17.3. The minimum absolute atomic E-state index is 0.00123. The Hall–Kier alpha value is -2.56. The van der Waals surface area contributed by atoms with Crippen molar-refractivity contribution in [2.75, 3.05) is 19.8 Å². The smallest absolute Gasteiger partial charge is 0.220 e. The number of fused-ring (bicyclic) bond motifs is 1. The number of nitrogens with one attached hydrogen (secondary N) is 1. The summed E-state index contributed by atoms with van der Waals surface area (Å²) in [6, 6.07) is 12.1. The Balaban J connectivity index is 1.42. The first-order valence-corrected chi connectivity index (χ1v) is 8.60. The number of carbonyl (C=O) groups excluding carboxylic acids is 1. The van der Waals surface area contributed by atoms with Crippen LogP contribution in [0.1, 0.15) is 24.0 Å². The van der Waals surface area contributed by atoms with Crippen molar-refractivity contribution in [2.24, 2.45) is 0 Å². The van der Waals surface area contributed by atoms with E-state index in [1.54, 1.807) is 12.1 Å². The van der Waals surface area contributed by atoms with Crippen LogP contribution in [0.25, 0.3) is 0 Å². The SMILES string of the molecule is O=C(CCc1ccc(F)cc1)NCCc1ccc2c(c1)OCCCO2. The van der Waals surface area contributed by atoms with Gasteiger partial charge in [-0.1, -0.05) is 18.2 Å². The molecule has 3 rings (SSSR count). The zero-order valence-corrected chi connectivity index (χ0v) is 14.1. The monoisotopic (exact) mass is 343 g/mol. The number of amides is 1. The molecule has 0 aromatic heterocycles. The van der Waals surface area contributed by atoms with Crippen LogP contribution < -0.4 is 14.8 Å². The molecule has 1 amide bonds. The minimum atomic E-state index is -0.261. The van der Waals surface area contributed by atoms with Gasteiger partial charge < -0.3 is 14.8 Å². The quantitative estimate of drug-likeness (QED) is 0.876. The fourth-order valence-corrected chi connectivity index (χ4v) is 2.71. The summed E-state index contributed by atoms with van der Waals surface area (Å²) in [7, 11) is 0. The van der Waals surface area contributed by atoms with Crippen LogP contribution >= 0.6 is 0 Å². The van der Waals surface area contributed by atoms with E-state index in [1.807, 2.05) is 18.2 Å². The lowest BCUT2D eigenvalue weighted by Gasteiger charge is -2.10. The fourth-order valence-electron chi connectivity index (χ4n) is 2.71. The van der Waals surface area contributed by atoms with Crippen molar-refractivity contribution in [2.45, 2.75) is 25.7 Å². The van der Waals surface area contributed by atoms with Crippen LogP contribution in [0, 0.1) is 5.82 Å². The Labute approximate surface area is 147 Å². The van der Waals surface area contributed by atoms with Gasteiger partial charge in [0.15, 0.2) is 11.5 Å². The van der Waals surface area contributed by atoms with Gasteiger partial charge in [0, 0.05) is 19.4 Å². The lowest BCUT2D eigenvalue weighted by Crippen LogP contribution is -2.25. The summed E-state index contributed by atoms with van der Waals surface area (Å²) >= 11 is 0. The molecule has 1 aliphatic heterocycles. The molecule has 2 aromatic carbocycles. The van der Waals surface area contributed by atoms with Crippen molar-refractivity contribution in [3.63, 3.8) is 0 Å². The maximum absolute atomic E-state index is 12.8. The molecule has 4 nitrogen and oxygen atoms in total. The van der Waals surface area contributed by atoms with Crippen LogP contribution in [0.4, 0.5) is 4.39 Å². The molecule has 0 unspecified atom stereocenters. The van der Waals surface area contributed by atoms with Gasteiger partial charge >= 0.3 is 0 Å². The molecule has 1 N–H and O–H groups in total. The molecular weight excluding hydrogens is 321 g/mol. The van der Waals surface area contributed by atoms with Crippen LogP contribution in [0.5, 0.6) is 11.5 Å². The second-order valence-corrected chi connectivity index (χ2v) is 6.06. The largest absolute Gasteiger partial charge is 0.490 e. The van der Waals surface area contributed by atoms with E-state index in [0.717, 1.165) is 35.5 Å². The van der Waals surface area contributed by atoms with Gasteiger partial charge in [0.05, 0.1) is 13.2 Å². The van der Waals surface area contributed by atoms with Crippen LogP contribution in [0.15, 0.2) is 42.5 Å². The minimum Gasteiger partial charge on any atom is -0.490 e. The van der Waals surface area contributed by atoms with Crippen molar-refractivity contribution in [3.05, 3.63) is 59.4 Å². The van der Waals surface area contributed by atoms with Crippen molar-refractivity contribution < 1.29 is 18.7 Å². The molecule has 5 heteroatoms. The van der Waals surface area contributed by atoms with Gasteiger partial charge in [-0.15, -0.1) is 0 Å². The van der Waals surface area contributed by atoms with Crippen LogP contribution in [0.2, 0.25) is 0 Å². The molecule has 0 atom stereocenters. The first-order valence-electron chi connectivity index (χ1n) is 8.60. The Morgan fingerprint density at radius 3 is 2.48 bits per heavy atom. The van der Waals surface area contributed by atoms with E-state index < -0.39 is 0 Å². The Morgan fingerprint density at radius 1 is 0.960 bits per heavy atom. The molecule has 0 saturated carbocycles. The number of ether oxygens (including phenoxy) is 2. The topological polar surface area (TPSA) is 47.6 Å². The summed E-state index contributed by atoms with van der Waals surface area (Å²) in [4.78, 5) is 11.9. The van der Waals surface area contributed by atoms with Crippen molar-refractivity contribution in [1.82, 2.24) is 5.32 Å². The summed E-state index contributed by atoms with van der Waals surface area (Å²) in [5, 5.41) is 2.92. The Kier molecular flexibility index (Phi) is 5.88. The summed E-state index contributed by atoms with van der Waals surface area (Å²) in [5.41, 5.74) is 2.06. The Bertz CT molecular complexity index is 715. The number of carbonyl (C=O) groups is 1. The molecule has 0 fully saturated rings. The van der Waals surface area contributed by atoms with Gasteiger partial charge in [0.25, 0.3) is 0 Å². The average molecular weight is 343 g/mol. The number of hydrogen-bond donors (Lipinski definition) is 1. The van der Waals surface area contributed by atoms with Crippen molar-refractivity contribution in [3.8, 4) is 11.5 Å². The van der Waals surface area contributed by atoms with Gasteiger partial charge in [-0.2, -0.15) is 0 Å². The number of halogens is 1. The third kappa shape index (κ3) is 5.21. The van der Waals surface area contributed by atoms with Gasteiger partial charge in [-0.05, 0) is 48.2 Å². The molecule has 0 bridgehead atoms. The van der Waals surface area contributed by atoms with E-state index in [9.17, 15) is 9.18 Å². The predicted molar refractivity (Wildman–Crippen MR) is 93.5 cm³/mol. The maximum atomic E-state index is 12.8. The standard InChI is InChI=1S/C20H22FNO3/c21-17-6-2-15(3-7-17)5-9-20(23)22-11-10-16-4-8-18-19(14-16)25-13-1-12-24-18/h2-4,6-8,14H,1,5,9-13H2,(H,22,23). The highest BCUT2D eigenvalue weighted by atomic mass is 19.1. The highest BCUT2D eigenvalue weighted by molar-refractivity contribution is 5.76. The molecule has 0 radical (unpaired) electrons. The molecule has 0 spiro atoms. The molecule has 1 heterocycles. The van der Waals surface area contributed by atoms with E-state index >= 15 is 0 Å². The summed E-state index contributed by atoms with van der Waals surface area (Å²) in [6.45, 7) is 1.91. The summed E-state index contributed by atoms with van der Waals surface area (Å²) in [5.74, 6) is 1.30. The van der Waals surface area contributed by atoms with Crippen LogP contribution in [-0.4, -0.2) is 25.7 Å². The molecule has 0 saturated heterocycles. The van der Waals surface area contributed by atoms with Crippen LogP contribution in [0.3, 0.4) is 0 Å². The lowest BCUT2D eigenvalue weighted by atomic mass is 10.1. The molecule has 25 heavy (non-hydrogen) atoms. The van der Waals surface area contributed by atoms with Gasteiger partial charge in [-0.25, -0.2) is 4.39 Å². The van der Waals surface area contributed by atoms with E-state index in [1.165, 1.54) is 12.1 Å². The third-order valence-corrected chi connectivity index (χ3v) is 4.10. The lowest BCUT2D eigenvalue weighted by molar-refractivity contribution is -0.121. The predicted octanol–water partition coefficient (Wildman–Crippen LogP) is 3.28.